The molecule has 1 aliphatic rings. The van der Waals surface area contributed by atoms with Crippen LogP contribution in [0.15, 0.2) is 23.4 Å². The lowest BCUT2D eigenvalue weighted by Crippen LogP contribution is -2.43. The third-order valence-electron chi connectivity index (χ3n) is 3.44. The number of hydrogen-bond donors (Lipinski definition) is 1. The van der Waals surface area contributed by atoms with E-state index in [2.05, 4.69) is 10.3 Å². The molecule has 1 aromatic rings. The first kappa shape index (κ1) is 16.3. The number of rotatable bonds is 4. The number of carbonyl (C=O) groups excluding carboxylic acids is 1. The van der Waals surface area contributed by atoms with E-state index in [1.165, 1.54) is 22.3 Å². The van der Waals surface area contributed by atoms with Crippen LogP contribution in [0.25, 0.3) is 0 Å². The highest BCUT2D eigenvalue weighted by Crippen LogP contribution is 2.21. The Morgan fingerprint density at radius 1 is 1.48 bits per heavy atom. The number of sulfonamides is 1. The van der Waals surface area contributed by atoms with Gasteiger partial charge in [0.15, 0.2) is 0 Å². The molecule has 0 radical (unpaired) electrons. The summed E-state index contributed by atoms with van der Waals surface area (Å²) in [7, 11) is -3.24. The quantitative estimate of drug-likeness (QED) is 0.845. The fourth-order valence-electron chi connectivity index (χ4n) is 2.28. The van der Waals surface area contributed by atoms with Gasteiger partial charge in [0.25, 0.3) is 0 Å². The zero-order chi connectivity index (χ0) is 15.5. The van der Waals surface area contributed by atoms with Crippen molar-refractivity contribution in [1.29, 1.82) is 0 Å². The molecule has 1 saturated heterocycles. The second-order valence-corrected chi connectivity index (χ2v) is 7.85. The Morgan fingerprint density at radius 2 is 2.24 bits per heavy atom. The van der Waals surface area contributed by atoms with Crippen LogP contribution in [0.2, 0.25) is 0 Å². The molecular weight excluding hydrogens is 310 g/mol. The van der Waals surface area contributed by atoms with E-state index in [1.54, 1.807) is 12.3 Å². The molecule has 8 heteroatoms. The number of thioether (sulfide) groups is 1. The Labute approximate surface area is 129 Å². The highest BCUT2D eigenvalue weighted by atomic mass is 32.2. The van der Waals surface area contributed by atoms with E-state index in [0.29, 0.717) is 25.1 Å². The van der Waals surface area contributed by atoms with Crippen molar-refractivity contribution in [2.45, 2.75) is 17.9 Å². The second-order valence-electron chi connectivity index (χ2n) is 5.04. The van der Waals surface area contributed by atoms with E-state index in [0.717, 1.165) is 5.03 Å². The molecule has 1 aromatic heterocycles. The van der Waals surface area contributed by atoms with Crippen molar-refractivity contribution in [1.82, 2.24) is 9.29 Å². The van der Waals surface area contributed by atoms with Crippen LogP contribution in [-0.2, 0) is 14.8 Å². The minimum atomic E-state index is -3.24. The summed E-state index contributed by atoms with van der Waals surface area (Å²) in [5.74, 6) is -0.462. The molecule has 0 unspecified atom stereocenters. The molecule has 116 valence electrons. The molecule has 0 bridgehead atoms. The number of amides is 1. The maximum Gasteiger partial charge on any atom is 0.228 e. The van der Waals surface area contributed by atoms with Crippen LogP contribution < -0.4 is 5.32 Å². The first-order valence-corrected chi connectivity index (χ1v) is 9.73. The summed E-state index contributed by atoms with van der Waals surface area (Å²) in [6.45, 7) is 0.744. The van der Waals surface area contributed by atoms with Gasteiger partial charge in [-0.3, -0.25) is 4.79 Å². The van der Waals surface area contributed by atoms with Gasteiger partial charge < -0.3 is 5.32 Å². The SMILES string of the molecule is CSc1ccc(NC(=O)[C@@H]2CCCN(S(C)(=O)=O)C2)cn1. The van der Waals surface area contributed by atoms with Crippen LogP contribution in [0.4, 0.5) is 5.69 Å². The summed E-state index contributed by atoms with van der Waals surface area (Å²) < 4.78 is 24.5. The van der Waals surface area contributed by atoms with Gasteiger partial charge in [0.2, 0.25) is 15.9 Å². The summed E-state index contributed by atoms with van der Waals surface area (Å²) in [6.07, 6.45) is 6.13. The van der Waals surface area contributed by atoms with Crippen LogP contribution in [0.1, 0.15) is 12.8 Å². The number of nitrogens with zero attached hydrogens (tertiary/aromatic N) is 2. The molecule has 1 aliphatic heterocycles. The van der Waals surface area contributed by atoms with E-state index in [-0.39, 0.29) is 18.4 Å². The Hall–Kier alpha value is -1.12. The molecule has 0 spiro atoms. The molecule has 1 amide bonds. The molecule has 1 atom stereocenters. The molecule has 21 heavy (non-hydrogen) atoms. The number of pyridine rings is 1. The molecule has 1 N–H and O–H groups in total. The van der Waals surface area contributed by atoms with Crippen molar-refractivity contribution in [3.8, 4) is 0 Å². The zero-order valence-electron chi connectivity index (χ0n) is 12.1. The lowest BCUT2D eigenvalue weighted by molar-refractivity contribution is -0.120. The minimum absolute atomic E-state index is 0.151. The topological polar surface area (TPSA) is 79.4 Å². The molecule has 2 heterocycles. The molecule has 0 aromatic carbocycles. The smallest absolute Gasteiger partial charge is 0.228 e. The van der Waals surface area contributed by atoms with Gasteiger partial charge in [0, 0.05) is 13.1 Å². The molecule has 2 rings (SSSR count). The Bertz CT molecular complexity index is 602. The monoisotopic (exact) mass is 329 g/mol. The normalized spacial score (nSPS) is 20.2. The van der Waals surface area contributed by atoms with Crippen LogP contribution in [0.3, 0.4) is 0 Å². The largest absolute Gasteiger partial charge is 0.324 e. The van der Waals surface area contributed by atoms with Crippen LogP contribution >= 0.6 is 11.8 Å². The number of piperidine rings is 1. The van der Waals surface area contributed by atoms with Crippen LogP contribution in [0, 0.1) is 5.92 Å². The van der Waals surface area contributed by atoms with Gasteiger partial charge >= 0.3 is 0 Å². The van der Waals surface area contributed by atoms with Gasteiger partial charge in [0.1, 0.15) is 0 Å². The summed E-state index contributed by atoms with van der Waals surface area (Å²) in [6, 6.07) is 3.64. The molecule has 6 nitrogen and oxygen atoms in total. The predicted octanol–water partition coefficient (Wildman–Crippen LogP) is 1.41. The van der Waals surface area contributed by atoms with E-state index in [4.69, 9.17) is 0 Å². The van der Waals surface area contributed by atoms with Gasteiger partial charge in [0.05, 0.1) is 29.1 Å². The number of anilines is 1. The third kappa shape index (κ3) is 4.42. The maximum atomic E-state index is 12.2. The van der Waals surface area contributed by atoms with Crippen molar-refractivity contribution in [3.05, 3.63) is 18.3 Å². The Balaban J connectivity index is 1.99. The summed E-state index contributed by atoms with van der Waals surface area (Å²) in [5, 5.41) is 3.69. The summed E-state index contributed by atoms with van der Waals surface area (Å²) >= 11 is 1.53. The lowest BCUT2D eigenvalue weighted by atomic mass is 9.99. The van der Waals surface area contributed by atoms with Crippen molar-refractivity contribution >= 4 is 33.4 Å². The number of carbonyl (C=O) groups is 1. The van der Waals surface area contributed by atoms with Crippen LogP contribution in [0.5, 0.6) is 0 Å². The van der Waals surface area contributed by atoms with E-state index >= 15 is 0 Å². The van der Waals surface area contributed by atoms with Crippen molar-refractivity contribution < 1.29 is 13.2 Å². The van der Waals surface area contributed by atoms with E-state index < -0.39 is 10.0 Å². The fraction of sp³-hybridized carbons (Fsp3) is 0.538. The third-order valence-corrected chi connectivity index (χ3v) is 5.37. The average Bonchev–Trinajstić information content (AvgIpc) is 2.47. The van der Waals surface area contributed by atoms with Gasteiger partial charge in [-0.15, -0.1) is 11.8 Å². The van der Waals surface area contributed by atoms with Crippen molar-refractivity contribution in [2.24, 2.45) is 5.92 Å². The number of aromatic nitrogens is 1. The molecule has 1 fully saturated rings. The Morgan fingerprint density at radius 3 is 2.81 bits per heavy atom. The Kier molecular flexibility index (Phi) is 5.23. The first-order chi connectivity index (χ1) is 9.90. The highest BCUT2D eigenvalue weighted by molar-refractivity contribution is 7.98. The molecular formula is C13H19N3O3S2. The van der Waals surface area contributed by atoms with Gasteiger partial charge in [-0.05, 0) is 31.2 Å². The fourth-order valence-corrected chi connectivity index (χ4v) is 3.55. The summed E-state index contributed by atoms with van der Waals surface area (Å²) in [4.78, 5) is 16.4. The zero-order valence-corrected chi connectivity index (χ0v) is 13.7. The minimum Gasteiger partial charge on any atom is -0.324 e. The lowest BCUT2D eigenvalue weighted by Gasteiger charge is -2.30. The highest BCUT2D eigenvalue weighted by Gasteiger charge is 2.30. The molecule has 0 aliphatic carbocycles. The predicted molar refractivity (Wildman–Crippen MR) is 83.8 cm³/mol. The van der Waals surface area contributed by atoms with Crippen molar-refractivity contribution in [2.75, 3.05) is 30.9 Å². The second kappa shape index (κ2) is 6.76. The summed E-state index contributed by atoms with van der Waals surface area (Å²) in [5.41, 5.74) is 0.634. The molecule has 0 saturated carbocycles. The average molecular weight is 329 g/mol. The van der Waals surface area contributed by atoms with Gasteiger partial charge in [-0.25, -0.2) is 17.7 Å². The van der Waals surface area contributed by atoms with Crippen molar-refractivity contribution in [3.63, 3.8) is 0 Å². The van der Waals surface area contributed by atoms with Gasteiger partial charge in [-0.1, -0.05) is 0 Å². The maximum absolute atomic E-state index is 12.2. The van der Waals surface area contributed by atoms with E-state index in [1.807, 2.05) is 12.3 Å². The van der Waals surface area contributed by atoms with Crippen LogP contribution in [-0.4, -0.2) is 49.2 Å². The number of nitrogens with one attached hydrogen (secondary N) is 1. The van der Waals surface area contributed by atoms with E-state index in [9.17, 15) is 13.2 Å². The standard InChI is InChI=1S/C13H19N3O3S2/c1-20-12-6-5-11(8-14-12)15-13(17)10-4-3-7-16(9-10)21(2,18)19/h5-6,8,10H,3-4,7,9H2,1-2H3,(H,15,17)/t10-/m1/s1. The van der Waals surface area contributed by atoms with Gasteiger partial charge in [-0.2, -0.15) is 0 Å². The first-order valence-electron chi connectivity index (χ1n) is 6.66. The number of hydrogen-bond acceptors (Lipinski definition) is 5.